The van der Waals surface area contributed by atoms with E-state index >= 15 is 0 Å². The molecule has 0 spiro atoms. The van der Waals surface area contributed by atoms with Crippen LogP contribution in [0.2, 0.25) is 0 Å². The van der Waals surface area contributed by atoms with Crippen molar-refractivity contribution in [1.82, 2.24) is 15.3 Å². The molecule has 1 saturated heterocycles. The van der Waals surface area contributed by atoms with Crippen molar-refractivity contribution in [2.75, 3.05) is 18.0 Å². The first-order valence-electron chi connectivity index (χ1n) is 10.1. The standard InChI is InChI=1S/C23H26N4OS/c1-16(26-17(2)28)18-6-8-19(9-7-18)20-10-13-27(14-11-20)22-15-25-23(29-22)21-5-3-4-12-24-21/h3-9,12,15-16,20H,10-11,13-14H2,1-2H3,(H,26,28). The van der Waals surface area contributed by atoms with Gasteiger partial charge in [0.1, 0.15) is 10.0 Å². The molecule has 0 bridgehead atoms. The van der Waals surface area contributed by atoms with E-state index in [1.165, 1.54) is 10.6 Å². The molecule has 29 heavy (non-hydrogen) atoms. The van der Waals surface area contributed by atoms with Crippen molar-refractivity contribution < 1.29 is 4.79 Å². The van der Waals surface area contributed by atoms with Crippen molar-refractivity contribution in [3.63, 3.8) is 0 Å². The average molecular weight is 407 g/mol. The number of benzene rings is 1. The van der Waals surface area contributed by atoms with Crippen LogP contribution in [0.5, 0.6) is 0 Å². The molecule has 150 valence electrons. The number of amides is 1. The van der Waals surface area contributed by atoms with Crippen LogP contribution in [-0.4, -0.2) is 29.0 Å². The monoisotopic (exact) mass is 406 g/mol. The summed E-state index contributed by atoms with van der Waals surface area (Å²) in [4.78, 5) is 22.7. The number of nitrogens with one attached hydrogen (secondary N) is 1. The van der Waals surface area contributed by atoms with Gasteiger partial charge in [-0.05, 0) is 48.9 Å². The molecule has 0 aliphatic carbocycles. The highest BCUT2D eigenvalue weighted by atomic mass is 32.1. The van der Waals surface area contributed by atoms with Crippen LogP contribution in [0, 0.1) is 0 Å². The molecule has 0 radical (unpaired) electrons. The molecular formula is C23H26N4OS. The van der Waals surface area contributed by atoms with E-state index in [-0.39, 0.29) is 11.9 Å². The molecule has 1 aromatic carbocycles. The van der Waals surface area contributed by atoms with Crippen LogP contribution in [0.1, 0.15) is 49.8 Å². The van der Waals surface area contributed by atoms with Gasteiger partial charge in [-0.15, -0.1) is 0 Å². The van der Waals surface area contributed by atoms with Crippen LogP contribution in [0.3, 0.4) is 0 Å². The number of aromatic nitrogens is 2. The van der Waals surface area contributed by atoms with E-state index in [0.29, 0.717) is 5.92 Å². The zero-order chi connectivity index (χ0) is 20.2. The Morgan fingerprint density at radius 2 is 1.90 bits per heavy atom. The fourth-order valence-corrected chi connectivity index (χ4v) is 4.84. The molecule has 5 nitrogen and oxygen atoms in total. The first-order chi connectivity index (χ1) is 14.1. The maximum atomic E-state index is 11.2. The zero-order valence-corrected chi connectivity index (χ0v) is 17.7. The maximum Gasteiger partial charge on any atom is 0.217 e. The van der Waals surface area contributed by atoms with Gasteiger partial charge in [-0.2, -0.15) is 0 Å². The van der Waals surface area contributed by atoms with Crippen LogP contribution < -0.4 is 10.2 Å². The molecule has 4 rings (SSSR count). The quantitative estimate of drug-likeness (QED) is 0.662. The molecule has 1 unspecified atom stereocenters. The molecule has 1 fully saturated rings. The number of nitrogens with zero attached hydrogens (tertiary/aromatic N) is 3. The lowest BCUT2D eigenvalue weighted by molar-refractivity contribution is -0.119. The SMILES string of the molecule is CC(=O)NC(C)c1ccc(C2CCN(c3cnc(-c4ccccn4)s3)CC2)cc1. The molecule has 1 aliphatic heterocycles. The van der Waals surface area contributed by atoms with Gasteiger partial charge in [0, 0.05) is 26.2 Å². The van der Waals surface area contributed by atoms with E-state index in [9.17, 15) is 4.79 Å². The average Bonchev–Trinajstić information content (AvgIpc) is 3.24. The minimum absolute atomic E-state index is 0.00298. The van der Waals surface area contributed by atoms with Crippen molar-refractivity contribution >= 4 is 22.2 Å². The third-order valence-corrected chi connectivity index (χ3v) is 6.59. The number of piperidine rings is 1. The number of carbonyl (C=O) groups is 1. The summed E-state index contributed by atoms with van der Waals surface area (Å²) in [5.41, 5.74) is 3.47. The second-order valence-electron chi connectivity index (χ2n) is 7.57. The van der Waals surface area contributed by atoms with Crippen molar-refractivity contribution in [1.29, 1.82) is 0 Å². The highest BCUT2D eigenvalue weighted by Crippen LogP contribution is 2.35. The summed E-state index contributed by atoms with van der Waals surface area (Å²) >= 11 is 1.72. The van der Waals surface area contributed by atoms with Gasteiger partial charge in [0.05, 0.1) is 17.9 Å². The van der Waals surface area contributed by atoms with Gasteiger partial charge in [0.2, 0.25) is 5.91 Å². The number of hydrogen-bond acceptors (Lipinski definition) is 5. The van der Waals surface area contributed by atoms with Crippen molar-refractivity contribution in [2.45, 2.75) is 38.6 Å². The number of rotatable bonds is 5. The third-order valence-electron chi connectivity index (χ3n) is 5.51. The normalized spacial score (nSPS) is 15.9. The Labute approximate surface area is 175 Å². The van der Waals surface area contributed by atoms with Gasteiger partial charge in [0.25, 0.3) is 0 Å². The molecule has 1 atom stereocenters. The minimum Gasteiger partial charge on any atom is -0.362 e. The van der Waals surface area contributed by atoms with Gasteiger partial charge in [-0.1, -0.05) is 41.7 Å². The van der Waals surface area contributed by atoms with E-state index in [4.69, 9.17) is 0 Å². The molecule has 3 heterocycles. The third kappa shape index (κ3) is 4.65. The number of pyridine rings is 1. The van der Waals surface area contributed by atoms with Crippen LogP contribution in [-0.2, 0) is 4.79 Å². The van der Waals surface area contributed by atoms with Crippen molar-refractivity contribution in [3.05, 3.63) is 66.0 Å². The Morgan fingerprint density at radius 3 is 2.55 bits per heavy atom. The Hall–Kier alpha value is -2.73. The van der Waals surface area contributed by atoms with E-state index in [2.05, 4.69) is 44.5 Å². The predicted molar refractivity (Wildman–Crippen MR) is 118 cm³/mol. The van der Waals surface area contributed by atoms with Crippen LogP contribution >= 0.6 is 11.3 Å². The summed E-state index contributed by atoms with van der Waals surface area (Å²) < 4.78 is 0. The smallest absolute Gasteiger partial charge is 0.217 e. The van der Waals surface area contributed by atoms with E-state index < -0.39 is 0 Å². The largest absolute Gasteiger partial charge is 0.362 e. The number of thiazole rings is 1. The van der Waals surface area contributed by atoms with Crippen molar-refractivity contribution in [2.24, 2.45) is 0 Å². The summed E-state index contributed by atoms with van der Waals surface area (Å²) in [6, 6.07) is 14.7. The molecule has 1 N–H and O–H groups in total. The van der Waals surface area contributed by atoms with Crippen LogP contribution in [0.15, 0.2) is 54.9 Å². The number of anilines is 1. The fraction of sp³-hybridized carbons (Fsp3) is 0.348. The van der Waals surface area contributed by atoms with E-state index in [1.807, 2.05) is 37.5 Å². The first-order valence-corrected chi connectivity index (χ1v) is 10.9. The van der Waals surface area contributed by atoms with E-state index in [1.54, 1.807) is 18.3 Å². The van der Waals surface area contributed by atoms with E-state index in [0.717, 1.165) is 42.2 Å². The van der Waals surface area contributed by atoms with Gasteiger partial charge < -0.3 is 10.2 Å². The summed E-state index contributed by atoms with van der Waals surface area (Å²) in [6.45, 7) is 5.65. The van der Waals surface area contributed by atoms with Crippen LogP contribution in [0.4, 0.5) is 5.00 Å². The van der Waals surface area contributed by atoms with Gasteiger partial charge in [-0.25, -0.2) is 4.98 Å². The molecule has 3 aromatic rings. The molecular weight excluding hydrogens is 380 g/mol. The Bertz CT molecular complexity index is 947. The topological polar surface area (TPSA) is 58.1 Å². The number of carbonyl (C=O) groups excluding carboxylic acids is 1. The maximum absolute atomic E-state index is 11.2. The molecule has 6 heteroatoms. The predicted octanol–water partition coefficient (Wildman–Crippen LogP) is 4.79. The summed E-state index contributed by atoms with van der Waals surface area (Å²) in [5, 5.41) is 5.14. The lowest BCUT2D eigenvalue weighted by Crippen LogP contribution is -2.32. The molecule has 0 saturated carbocycles. The highest BCUT2D eigenvalue weighted by Gasteiger charge is 2.22. The van der Waals surface area contributed by atoms with Gasteiger partial charge in [-0.3, -0.25) is 9.78 Å². The zero-order valence-electron chi connectivity index (χ0n) is 16.8. The van der Waals surface area contributed by atoms with Gasteiger partial charge >= 0.3 is 0 Å². The second-order valence-corrected chi connectivity index (χ2v) is 8.58. The first kappa shape index (κ1) is 19.6. The lowest BCUT2D eigenvalue weighted by Gasteiger charge is -2.32. The molecule has 1 aliphatic rings. The summed E-state index contributed by atoms with van der Waals surface area (Å²) in [5.74, 6) is 0.586. The highest BCUT2D eigenvalue weighted by molar-refractivity contribution is 7.18. The molecule has 2 aromatic heterocycles. The Balaban J connectivity index is 1.36. The lowest BCUT2D eigenvalue weighted by atomic mass is 9.88. The van der Waals surface area contributed by atoms with Crippen LogP contribution in [0.25, 0.3) is 10.7 Å². The second kappa shape index (κ2) is 8.74. The van der Waals surface area contributed by atoms with Gasteiger partial charge in [0.15, 0.2) is 0 Å². The summed E-state index contributed by atoms with van der Waals surface area (Å²) in [7, 11) is 0. The fourth-order valence-electron chi connectivity index (χ4n) is 3.90. The van der Waals surface area contributed by atoms with Crippen molar-refractivity contribution in [3.8, 4) is 10.7 Å². The number of hydrogen-bond donors (Lipinski definition) is 1. The Kier molecular flexibility index (Phi) is 5.90. The molecule has 1 amide bonds. The minimum atomic E-state index is 0.00298. The Morgan fingerprint density at radius 1 is 1.14 bits per heavy atom. The summed E-state index contributed by atoms with van der Waals surface area (Å²) in [6.07, 6.45) is 6.06.